The van der Waals surface area contributed by atoms with Gasteiger partial charge >= 0.3 is 12.4 Å². The molecule has 0 radical (unpaired) electrons. The lowest BCUT2D eigenvalue weighted by Crippen LogP contribution is -2.08. The van der Waals surface area contributed by atoms with Crippen molar-refractivity contribution in [3.8, 4) is 48.6 Å². The zero-order valence-electron chi connectivity index (χ0n) is 24.5. The Kier molecular flexibility index (Phi) is 8.07. The molecule has 0 N–H and O–H groups in total. The van der Waals surface area contributed by atoms with Crippen LogP contribution >= 0.6 is 0 Å². The summed E-state index contributed by atoms with van der Waals surface area (Å²) >= 11 is 0. The van der Waals surface area contributed by atoms with Crippen molar-refractivity contribution in [2.24, 2.45) is 0 Å². The molecule has 0 unspecified atom stereocenters. The van der Waals surface area contributed by atoms with Gasteiger partial charge in [-0.05, 0) is 52.6 Å². The van der Waals surface area contributed by atoms with Gasteiger partial charge in [-0.15, -0.1) is 0 Å². The third-order valence-corrected chi connectivity index (χ3v) is 7.88. The zero-order valence-corrected chi connectivity index (χ0v) is 24.5. The Bertz CT molecular complexity index is 2540. The van der Waals surface area contributed by atoms with E-state index in [9.17, 15) is 68.4 Å². The number of nitrogens with zero attached hydrogens (tertiary/aromatic N) is 8. The predicted molar refractivity (Wildman–Crippen MR) is 160 cm³/mol. The van der Waals surface area contributed by atoms with Crippen LogP contribution in [0.1, 0.15) is 55.6 Å². The van der Waals surface area contributed by atoms with Crippen LogP contribution < -0.4 is 0 Å². The van der Waals surface area contributed by atoms with E-state index in [1.807, 2.05) is 18.2 Å². The van der Waals surface area contributed by atoms with Gasteiger partial charge in [-0.1, -0.05) is 18.2 Å². The Hall–Kier alpha value is -7.88. The Morgan fingerprint density at radius 3 is 1.34 bits per heavy atom. The minimum Gasteiger partial charge on any atom is -0.192 e. The maximum Gasteiger partial charge on any atom is 0.417 e. The van der Waals surface area contributed by atoms with Crippen molar-refractivity contribution < 1.29 is 26.3 Å². The Morgan fingerprint density at radius 2 is 0.960 bits per heavy atom. The van der Waals surface area contributed by atoms with E-state index in [-0.39, 0.29) is 55.7 Å². The van der Waals surface area contributed by atoms with Gasteiger partial charge in [-0.3, -0.25) is 0 Å². The molecule has 14 heteroatoms. The molecule has 234 valence electrons. The second-order valence-electron chi connectivity index (χ2n) is 10.3. The highest BCUT2D eigenvalue weighted by Crippen LogP contribution is 2.56. The van der Waals surface area contributed by atoms with E-state index in [0.717, 1.165) is 30.3 Å². The molecule has 0 amide bonds. The summed E-state index contributed by atoms with van der Waals surface area (Å²) in [6.07, 6.45) is -9.79. The molecule has 0 saturated carbocycles. The van der Waals surface area contributed by atoms with Gasteiger partial charge in [0.15, 0.2) is 0 Å². The van der Waals surface area contributed by atoms with Crippen LogP contribution in [0.15, 0.2) is 59.7 Å². The molecule has 0 atom stereocenters. The van der Waals surface area contributed by atoms with Crippen LogP contribution in [0.3, 0.4) is 0 Å². The molecule has 50 heavy (non-hydrogen) atoms. The fraction of sp³-hybridized carbons (Fsp3) is 0.0556. The number of hydrogen-bond acceptors (Lipinski definition) is 8. The van der Waals surface area contributed by atoms with Crippen molar-refractivity contribution in [3.05, 3.63) is 115 Å². The average molecular weight is 667 g/mol. The first kappa shape index (κ1) is 33.5. The number of hydrogen-bond donors (Lipinski definition) is 0. The van der Waals surface area contributed by atoms with E-state index in [1.165, 1.54) is 6.07 Å². The Labute approximate surface area is 277 Å². The lowest BCUT2D eigenvalue weighted by atomic mass is 9.86. The van der Waals surface area contributed by atoms with Gasteiger partial charge in [0.2, 0.25) is 0 Å². The summed E-state index contributed by atoms with van der Waals surface area (Å²) in [5.41, 5.74) is -8.55. The standard InChI is InChI=1S/C36H8F6N8/c37-35(38,39)22-5-3-17(4-6-22)29-25(14-48)33-23(31(29)20(10-44)11-45)8-24-32(21(12-46)13-47)30(26(15-49)34(24)27(33)16-50)18-1-2-19(9-43)28(7-18)36(40,41)42/h1-8H. The molecular formula is C36H8F6N8. The third kappa shape index (κ3) is 4.97. The van der Waals surface area contributed by atoms with Crippen LogP contribution in [0.2, 0.25) is 0 Å². The van der Waals surface area contributed by atoms with E-state index >= 15 is 0 Å². The summed E-state index contributed by atoms with van der Waals surface area (Å²) in [6, 6.07) is 20.5. The number of rotatable bonds is 2. The quantitative estimate of drug-likeness (QED) is 0.194. The SMILES string of the molecule is N#CC(C#N)=C1C(c2ccc(C(F)(F)F)cc2)=C(C#N)c2c1cc1c(c2C#N)C(C#N)=C(c2ccc(C#N)c(C(F)(F)F)c2)C1=C(C#N)C#N. The molecule has 2 aliphatic rings. The number of alkyl halides is 6. The molecule has 0 bridgehead atoms. The van der Waals surface area contributed by atoms with Gasteiger partial charge in [0.1, 0.15) is 53.6 Å². The second kappa shape index (κ2) is 12.0. The Balaban J connectivity index is 1.99. The molecule has 2 aliphatic carbocycles. The molecule has 0 spiro atoms. The van der Waals surface area contributed by atoms with Gasteiger partial charge < -0.3 is 0 Å². The number of benzene rings is 3. The van der Waals surface area contributed by atoms with Gasteiger partial charge in [-0.25, -0.2) is 0 Å². The summed E-state index contributed by atoms with van der Waals surface area (Å²) in [6.45, 7) is 0. The van der Waals surface area contributed by atoms with Crippen LogP contribution in [0.25, 0.3) is 33.4 Å². The van der Waals surface area contributed by atoms with Gasteiger partial charge in [0, 0.05) is 33.4 Å². The number of allylic oxidation sites excluding steroid dienone is 8. The number of fused-ring (bicyclic) bond motifs is 2. The molecule has 0 saturated heterocycles. The van der Waals surface area contributed by atoms with Gasteiger partial charge in [-0.2, -0.15) is 68.4 Å². The van der Waals surface area contributed by atoms with E-state index in [4.69, 9.17) is 0 Å². The average Bonchev–Trinajstić information content (AvgIpc) is 3.60. The molecular weight excluding hydrogens is 658 g/mol. The summed E-state index contributed by atoms with van der Waals surface area (Å²) in [5.74, 6) is 0. The highest BCUT2D eigenvalue weighted by atomic mass is 19.4. The molecule has 0 aromatic heterocycles. The fourth-order valence-electron chi connectivity index (χ4n) is 5.93. The van der Waals surface area contributed by atoms with Gasteiger partial charge in [0.25, 0.3) is 0 Å². The lowest BCUT2D eigenvalue weighted by molar-refractivity contribution is -0.138. The molecule has 0 aliphatic heterocycles. The smallest absolute Gasteiger partial charge is 0.192 e. The molecule has 3 aromatic rings. The van der Waals surface area contributed by atoms with Crippen LogP contribution in [0.5, 0.6) is 0 Å². The fourth-order valence-corrected chi connectivity index (χ4v) is 5.93. The van der Waals surface area contributed by atoms with E-state index in [1.54, 1.807) is 24.3 Å². The maximum absolute atomic E-state index is 14.0. The summed E-state index contributed by atoms with van der Waals surface area (Å²) in [7, 11) is 0. The van der Waals surface area contributed by atoms with E-state index in [0.29, 0.717) is 18.2 Å². The molecule has 3 aromatic carbocycles. The van der Waals surface area contributed by atoms with Crippen molar-refractivity contribution >= 4 is 33.4 Å². The second-order valence-corrected chi connectivity index (χ2v) is 10.3. The molecule has 0 heterocycles. The minimum absolute atomic E-state index is 0.0627. The van der Waals surface area contributed by atoms with Crippen molar-refractivity contribution in [3.63, 3.8) is 0 Å². The van der Waals surface area contributed by atoms with Crippen LogP contribution in [-0.4, -0.2) is 0 Å². The van der Waals surface area contributed by atoms with Crippen LogP contribution in [0.4, 0.5) is 26.3 Å². The van der Waals surface area contributed by atoms with Crippen molar-refractivity contribution in [1.82, 2.24) is 0 Å². The van der Waals surface area contributed by atoms with Crippen LogP contribution in [-0.2, 0) is 12.4 Å². The summed E-state index contributed by atoms with van der Waals surface area (Å²) < 4.78 is 82.1. The molecule has 8 nitrogen and oxygen atoms in total. The van der Waals surface area contributed by atoms with Crippen molar-refractivity contribution in [1.29, 1.82) is 42.1 Å². The topological polar surface area (TPSA) is 190 Å². The first-order valence-electron chi connectivity index (χ1n) is 13.6. The van der Waals surface area contributed by atoms with Crippen molar-refractivity contribution in [2.75, 3.05) is 0 Å². The third-order valence-electron chi connectivity index (χ3n) is 7.88. The van der Waals surface area contributed by atoms with Gasteiger partial charge in [0.05, 0.1) is 39.5 Å². The Morgan fingerprint density at radius 1 is 0.500 bits per heavy atom. The summed E-state index contributed by atoms with van der Waals surface area (Å²) in [5, 5.41) is 80.3. The van der Waals surface area contributed by atoms with Crippen molar-refractivity contribution in [2.45, 2.75) is 12.4 Å². The number of nitriles is 8. The minimum atomic E-state index is -5.05. The first-order valence-corrected chi connectivity index (χ1v) is 13.6. The largest absolute Gasteiger partial charge is 0.417 e. The van der Waals surface area contributed by atoms with E-state index < -0.39 is 56.9 Å². The maximum atomic E-state index is 14.0. The highest BCUT2D eigenvalue weighted by molar-refractivity contribution is 6.31. The molecule has 0 fully saturated rings. The van der Waals surface area contributed by atoms with Crippen LogP contribution in [0, 0.1) is 90.6 Å². The predicted octanol–water partition coefficient (Wildman–Crippen LogP) is 7.97. The first-order chi connectivity index (χ1) is 23.7. The highest BCUT2D eigenvalue weighted by Gasteiger charge is 2.42. The monoisotopic (exact) mass is 666 g/mol. The molecule has 5 rings (SSSR count). The van der Waals surface area contributed by atoms with E-state index in [2.05, 4.69) is 0 Å². The normalized spacial score (nSPS) is 13.0. The number of halogens is 6. The lowest BCUT2D eigenvalue weighted by Gasteiger charge is -2.14. The summed E-state index contributed by atoms with van der Waals surface area (Å²) in [4.78, 5) is 0. The zero-order chi connectivity index (χ0) is 36.7.